The molecule has 0 bridgehead atoms. The molecule has 44 heavy (non-hydrogen) atoms. The van der Waals surface area contributed by atoms with Gasteiger partial charge in [-0.05, 0) is 78.9 Å². The van der Waals surface area contributed by atoms with Crippen molar-refractivity contribution < 1.29 is 33.4 Å². The smallest absolute Gasteiger partial charge is 0.497 e. The van der Waals surface area contributed by atoms with Gasteiger partial charge in [-0.1, -0.05) is 66.7 Å². The third kappa shape index (κ3) is 8.36. The summed E-state index contributed by atoms with van der Waals surface area (Å²) in [6.45, 7) is 6.93. The van der Waals surface area contributed by atoms with Crippen LogP contribution < -0.4 is 4.74 Å². The fourth-order valence-electron chi connectivity index (χ4n) is 5.27. The molecule has 0 aliphatic carbocycles. The van der Waals surface area contributed by atoms with E-state index in [1.807, 2.05) is 24.3 Å². The van der Waals surface area contributed by atoms with Gasteiger partial charge in [0.1, 0.15) is 18.0 Å². The average Bonchev–Trinajstić information content (AvgIpc) is 3.02. The Bertz CT molecular complexity index is 1580. The van der Waals surface area contributed by atoms with E-state index in [1.165, 1.54) is 5.39 Å². The Hall–Kier alpha value is -4.40. The fraction of sp³-hybridized carbons (Fsp3) is 0.333. The first-order chi connectivity index (χ1) is 21.2. The van der Waals surface area contributed by atoms with Crippen molar-refractivity contribution in [1.82, 2.24) is 5.06 Å². The number of fused-ring (bicyclic) bond motifs is 1. The average molecular weight is 598 g/mol. The number of hydroxylamine groups is 2. The first-order valence-corrected chi connectivity index (χ1v) is 14.8. The van der Waals surface area contributed by atoms with Gasteiger partial charge >= 0.3 is 12.1 Å². The molecule has 4 aromatic rings. The van der Waals surface area contributed by atoms with Gasteiger partial charge < -0.3 is 23.8 Å². The van der Waals surface area contributed by atoms with Crippen LogP contribution in [0.1, 0.15) is 60.2 Å². The molecular formula is C36H39NO7. The van der Waals surface area contributed by atoms with Crippen molar-refractivity contribution in [3.8, 4) is 5.75 Å². The molecule has 1 aliphatic rings. The minimum Gasteiger partial charge on any atom is -0.497 e. The van der Waals surface area contributed by atoms with Gasteiger partial charge in [-0.3, -0.25) is 0 Å². The van der Waals surface area contributed by atoms with Gasteiger partial charge in [-0.2, -0.15) is 0 Å². The number of benzene rings is 4. The van der Waals surface area contributed by atoms with E-state index in [0.29, 0.717) is 31.0 Å². The van der Waals surface area contributed by atoms with Crippen LogP contribution in [0, 0.1) is 0 Å². The molecule has 230 valence electrons. The van der Waals surface area contributed by atoms with Gasteiger partial charge in [0.15, 0.2) is 0 Å². The van der Waals surface area contributed by atoms with Crippen molar-refractivity contribution in [2.75, 3.05) is 20.2 Å². The Balaban J connectivity index is 1.26. The van der Waals surface area contributed by atoms with Gasteiger partial charge in [0, 0.05) is 12.5 Å². The highest BCUT2D eigenvalue weighted by Gasteiger charge is 2.34. The summed E-state index contributed by atoms with van der Waals surface area (Å²) in [5.74, 6) is 0.263. The van der Waals surface area contributed by atoms with E-state index in [4.69, 9.17) is 23.8 Å². The lowest BCUT2D eigenvalue weighted by atomic mass is 9.87. The molecule has 1 heterocycles. The number of ether oxygens (including phenoxy) is 4. The number of hydrogen-bond acceptors (Lipinski definition) is 8. The predicted molar refractivity (Wildman–Crippen MR) is 167 cm³/mol. The second-order valence-corrected chi connectivity index (χ2v) is 11.9. The lowest BCUT2D eigenvalue weighted by molar-refractivity contribution is -0.179. The molecule has 8 heteroatoms. The number of rotatable bonds is 9. The second-order valence-electron chi connectivity index (χ2n) is 11.9. The Morgan fingerprint density at radius 2 is 1.59 bits per heavy atom. The molecule has 0 N–H and O–H groups in total. The van der Waals surface area contributed by atoms with E-state index in [-0.39, 0.29) is 18.6 Å². The molecule has 0 amide bonds. The van der Waals surface area contributed by atoms with E-state index in [9.17, 15) is 9.59 Å². The predicted octanol–water partition coefficient (Wildman–Crippen LogP) is 7.45. The maximum absolute atomic E-state index is 12.5. The van der Waals surface area contributed by atoms with Crippen molar-refractivity contribution >= 4 is 22.9 Å². The van der Waals surface area contributed by atoms with E-state index in [1.54, 1.807) is 57.2 Å². The number of piperidine rings is 1. The second kappa shape index (κ2) is 13.9. The topological polar surface area (TPSA) is 83.5 Å². The maximum atomic E-state index is 12.5. The third-order valence-electron chi connectivity index (χ3n) is 7.48. The SMILES string of the molecule is COc1cccc(C(=O)OCc2ccc(C3CCN(OC(=O)OC(C)(C)C)CC3OCc3ccc4ccccc4c3)cc2)c1. The molecule has 0 spiro atoms. The molecule has 0 saturated carbocycles. The number of carbonyl (C=O) groups is 2. The van der Waals surface area contributed by atoms with E-state index >= 15 is 0 Å². The summed E-state index contributed by atoms with van der Waals surface area (Å²) in [6, 6.07) is 29.5. The van der Waals surface area contributed by atoms with E-state index in [2.05, 4.69) is 42.5 Å². The van der Waals surface area contributed by atoms with Gasteiger partial charge in [0.2, 0.25) is 0 Å². The first kappa shape index (κ1) is 31.0. The number of carbonyl (C=O) groups excluding carboxylic acids is 2. The Labute approximate surface area is 258 Å². The van der Waals surface area contributed by atoms with Crippen molar-refractivity contribution in [3.63, 3.8) is 0 Å². The Morgan fingerprint density at radius 1 is 0.841 bits per heavy atom. The van der Waals surface area contributed by atoms with Crippen LogP contribution in [0.4, 0.5) is 4.79 Å². The Morgan fingerprint density at radius 3 is 2.34 bits per heavy atom. The lowest BCUT2D eigenvalue weighted by Crippen LogP contribution is -2.45. The number of hydrogen-bond donors (Lipinski definition) is 0. The quantitative estimate of drug-likeness (QED) is 0.184. The number of nitrogens with zero attached hydrogens (tertiary/aromatic N) is 1. The molecular weight excluding hydrogens is 558 g/mol. The van der Waals surface area contributed by atoms with Gasteiger partial charge in [0.25, 0.3) is 0 Å². The van der Waals surface area contributed by atoms with Crippen LogP contribution in [-0.2, 0) is 32.3 Å². The summed E-state index contributed by atoms with van der Waals surface area (Å²) >= 11 is 0. The van der Waals surface area contributed by atoms with Crippen molar-refractivity contribution in [2.45, 2.75) is 58.0 Å². The molecule has 2 unspecified atom stereocenters. The highest BCUT2D eigenvalue weighted by Crippen LogP contribution is 2.32. The highest BCUT2D eigenvalue weighted by molar-refractivity contribution is 5.89. The zero-order valence-electron chi connectivity index (χ0n) is 25.7. The van der Waals surface area contributed by atoms with Crippen molar-refractivity contribution in [3.05, 3.63) is 113 Å². The van der Waals surface area contributed by atoms with Crippen LogP contribution in [0.25, 0.3) is 10.8 Å². The molecule has 4 aromatic carbocycles. The van der Waals surface area contributed by atoms with Gasteiger partial charge in [-0.25, -0.2) is 9.59 Å². The minimum absolute atomic E-state index is 0.0716. The monoisotopic (exact) mass is 597 g/mol. The highest BCUT2D eigenvalue weighted by atomic mass is 16.8. The largest absolute Gasteiger partial charge is 0.528 e. The summed E-state index contributed by atoms with van der Waals surface area (Å²) in [7, 11) is 1.56. The standard InChI is InChI=1S/C36H39NO7/c1-36(2,3)43-35(39)44-37-19-18-32(33(22-37)41-24-26-14-15-27-8-5-6-9-29(27)20-26)28-16-12-25(13-17-28)23-42-34(38)30-10-7-11-31(21-30)40-4/h5-17,20-21,32-33H,18-19,22-24H2,1-4H3. The molecule has 8 nitrogen and oxygen atoms in total. The fourth-order valence-corrected chi connectivity index (χ4v) is 5.27. The van der Waals surface area contributed by atoms with Crippen LogP contribution >= 0.6 is 0 Å². The first-order valence-electron chi connectivity index (χ1n) is 14.8. The molecule has 1 saturated heterocycles. The summed E-state index contributed by atoms with van der Waals surface area (Å²) in [5.41, 5.74) is 2.84. The molecule has 0 radical (unpaired) electrons. The van der Waals surface area contributed by atoms with Gasteiger partial charge in [-0.15, -0.1) is 5.06 Å². The van der Waals surface area contributed by atoms with Crippen molar-refractivity contribution in [2.24, 2.45) is 0 Å². The molecule has 0 aromatic heterocycles. The molecule has 1 fully saturated rings. The summed E-state index contributed by atoms with van der Waals surface area (Å²) in [5, 5.41) is 3.96. The number of methoxy groups -OCH3 is 1. The summed E-state index contributed by atoms with van der Waals surface area (Å²) in [4.78, 5) is 30.5. The zero-order valence-corrected chi connectivity index (χ0v) is 25.7. The van der Waals surface area contributed by atoms with Gasteiger partial charge in [0.05, 0.1) is 31.9 Å². The lowest BCUT2D eigenvalue weighted by Gasteiger charge is -2.37. The summed E-state index contributed by atoms with van der Waals surface area (Å²) in [6.07, 6.45) is -0.249. The van der Waals surface area contributed by atoms with E-state index in [0.717, 1.165) is 28.5 Å². The zero-order chi connectivity index (χ0) is 31.1. The van der Waals surface area contributed by atoms with Crippen LogP contribution in [-0.4, -0.2) is 49.1 Å². The summed E-state index contributed by atoms with van der Waals surface area (Å²) < 4.78 is 22.6. The van der Waals surface area contributed by atoms with Crippen LogP contribution in [0.3, 0.4) is 0 Å². The molecule has 2 atom stereocenters. The third-order valence-corrected chi connectivity index (χ3v) is 7.48. The number of esters is 1. The van der Waals surface area contributed by atoms with Crippen LogP contribution in [0.5, 0.6) is 5.75 Å². The van der Waals surface area contributed by atoms with Crippen molar-refractivity contribution in [1.29, 1.82) is 0 Å². The molecule has 1 aliphatic heterocycles. The Kier molecular flexibility index (Phi) is 9.82. The van der Waals surface area contributed by atoms with Crippen LogP contribution in [0.15, 0.2) is 91.0 Å². The minimum atomic E-state index is -0.725. The van der Waals surface area contributed by atoms with E-state index < -0.39 is 17.7 Å². The molecule has 5 rings (SSSR count). The normalized spacial score (nSPS) is 17.2. The maximum Gasteiger partial charge on any atom is 0.528 e. The van der Waals surface area contributed by atoms with Crippen LogP contribution in [0.2, 0.25) is 0 Å².